The SMILES string of the molecule is Cc1noc(C)c1COc1cc2ccccc2cc1C(=O)Nc1cccc(Cl)c1F. The van der Waals surface area contributed by atoms with Crippen LogP contribution in [0.25, 0.3) is 10.8 Å². The van der Waals surface area contributed by atoms with Gasteiger partial charge in [-0.05, 0) is 48.9 Å². The summed E-state index contributed by atoms with van der Waals surface area (Å²) in [6.07, 6.45) is 0. The molecule has 0 atom stereocenters. The lowest BCUT2D eigenvalue weighted by molar-refractivity contribution is 0.102. The number of halogens is 2. The fraction of sp³-hybridized carbons (Fsp3) is 0.130. The molecule has 0 bridgehead atoms. The van der Waals surface area contributed by atoms with E-state index in [4.69, 9.17) is 20.9 Å². The molecule has 1 N–H and O–H groups in total. The first-order valence-electron chi connectivity index (χ1n) is 9.26. The van der Waals surface area contributed by atoms with E-state index in [0.717, 1.165) is 22.0 Å². The van der Waals surface area contributed by atoms with Crippen LogP contribution in [-0.2, 0) is 6.61 Å². The van der Waals surface area contributed by atoms with E-state index in [2.05, 4.69) is 10.5 Å². The number of ether oxygens (including phenoxy) is 1. The number of amides is 1. The standard InChI is InChI=1S/C23H18ClFN2O3/c1-13-18(14(2)30-27-13)12-29-21-11-16-7-4-3-6-15(16)10-17(21)23(28)26-20-9-5-8-19(24)22(20)25/h3-11H,12H2,1-2H3,(H,26,28). The van der Waals surface area contributed by atoms with Crippen molar-refractivity contribution in [3.05, 3.63) is 88.0 Å². The summed E-state index contributed by atoms with van der Waals surface area (Å²) >= 11 is 5.82. The Morgan fingerprint density at radius 2 is 1.87 bits per heavy atom. The zero-order valence-corrected chi connectivity index (χ0v) is 17.1. The molecule has 3 aromatic carbocycles. The number of carbonyl (C=O) groups is 1. The van der Waals surface area contributed by atoms with Gasteiger partial charge in [0.15, 0.2) is 5.82 Å². The molecule has 5 nitrogen and oxygen atoms in total. The van der Waals surface area contributed by atoms with Gasteiger partial charge in [-0.3, -0.25) is 4.79 Å². The number of carbonyl (C=O) groups excluding carboxylic acids is 1. The number of rotatable bonds is 5. The van der Waals surface area contributed by atoms with Crippen molar-refractivity contribution in [3.8, 4) is 5.75 Å². The predicted octanol–water partition coefficient (Wildman–Crippen LogP) is 6.07. The lowest BCUT2D eigenvalue weighted by Gasteiger charge is -2.14. The van der Waals surface area contributed by atoms with E-state index in [1.807, 2.05) is 31.2 Å². The van der Waals surface area contributed by atoms with E-state index in [1.54, 1.807) is 25.1 Å². The zero-order valence-electron chi connectivity index (χ0n) is 16.3. The molecule has 0 aliphatic carbocycles. The number of hydrogen-bond acceptors (Lipinski definition) is 4. The highest BCUT2D eigenvalue weighted by atomic mass is 35.5. The Morgan fingerprint density at radius 3 is 2.57 bits per heavy atom. The van der Waals surface area contributed by atoms with Crippen LogP contribution in [0.5, 0.6) is 5.75 Å². The Labute approximate surface area is 177 Å². The van der Waals surface area contributed by atoms with Crippen molar-refractivity contribution in [1.29, 1.82) is 0 Å². The van der Waals surface area contributed by atoms with Gasteiger partial charge in [-0.15, -0.1) is 0 Å². The highest BCUT2D eigenvalue weighted by Gasteiger charge is 2.18. The van der Waals surface area contributed by atoms with Crippen LogP contribution in [0.3, 0.4) is 0 Å². The molecule has 0 spiro atoms. The Kier molecular flexibility index (Phi) is 5.42. The maximum Gasteiger partial charge on any atom is 0.259 e. The first kappa shape index (κ1) is 19.9. The maximum absolute atomic E-state index is 14.3. The number of nitrogens with zero attached hydrogens (tertiary/aromatic N) is 1. The Bertz CT molecular complexity index is 1230. The van der Waals surface area contributed by atoms with Crippen LogP contribution in [0, 0.1) is 19.7 Å². The summed E-state index contributed by atoms with van der Waals surface area (Å²) in [6.45, 7) is 3.81. The van der Waals surface area contributed by atoms with Gasteiger partial charge in [-0.1, -0.05) is 47.1 Å². The topological polar surface area (TPSA) is 64.4 Å². The number of anilines is 1. The Morgan fingerprint density at radius 1 is 1.13 bits per heavy atom. The molecule has 4 rings (SSSR count). The molecule has 0 saturated carbocycles. The number of aryl methyl sites for hydroxylation is 2. The van der Waals surface area contributed by atoms with E-state index in [0.29, 0.717) is 11.5 Å². The third kappa shape index (κ3) is 3.86. The van der Waals surface area contributed by atoms with Crippen LogP contribution in [-0.4, -0.2) is 11.1 Å². The Balaban J connectivity index is 1.70. The van der Waals surface area contributed by atoms with Crippen molar-refractivity contribution in [1.82, 2.24) is 5.16 Å². The second kappa shape index (κ2) is 8.16. The first-order chi connectivity index (χ1) is 14.4. The smallest absolute Gasteiger partial charge is 0.259 e. The summed E-state index contributed by atoms with van der Waals surface area (Å²) in [4.78, 5) is 13.0. The molecular formula is C23H18ClFN2O3. The summed E-state index contributed by atoms with van der Waals surface area (Å²) in [5, 5.41) is 8.21. The first-order valence-corrected chi connectivity index (χ1v) is 9.64. The molecule has 1 aromatic heterocycles. The number of hydrogen-bond donors (Lipinski definition) is 1. The zero-order chi connectivity index (χ0) is 21.3. The molecule has 0 aliphatic heterocycles. The van der Waals surface area contributed by atoms with Crippen LogP contribution in [0.2, 0.25) is 5.02 Å². The lowest BCUT2D eigenvalue weighted by atomic mass is 10.0. The fourth-order valence-corrected chi connectivity index (χ4v) is 3.34. The summed E-state index contributed by atoms with van der Waals surface area (Å²) in [5.41, 5.74) is 1.81. The molecule has 0 saturated heterocycles. The van der Waals surface area contributed by atoms with E-state index in [9.17, 15) is 9.18 Å². The normalized spacial score (nSPS) is 10.9. The summed E-state index contributed by atoms with van der Waals surface area (Å²) in [7, 11) is 0. The van der Waals surface area contributed by atoms with Crippen LogP contribution in [0.4, 0.5) is 10.1 Å². The molecule has 0 aliphatic rings. The molecule has 152 valence electrons. The molecule has 0 unspecified atom stereocenters. The average molecular weight is 425 g/mol. The van der Waals surface area contributed by atoms with E-state index < -0.39 is 11.7 Å². The molecule has 1 heterocycles. The van der Waals surface area contributed by atoms with Gasteiger partial charge in [0.2, 0.25) is 0 Å². The third-order valence-electron chi connectivity index (χ3n) is 4.85. The van der Waals surface area contributed by atoms with Gasteiger partial charge in [0.05, 0.1) is 27.5 Å². The van der Waals surface area contributed by atoms with E-state index in [1.165, 1.54) is 12.1 Å². The molecule has 0 fully saturated rings. The average Bonchev–Trinajstić information content (AvgIpc) is 3.06. The number of fused-ring (bicyclic) bond motifs is 1. The maximum atomic E-state index is 14.3. The van der Waals surface area contributed by atoms with Crippen molar-refractivity contribution < 1.29 is 18.4 Å². The van der Waals surface area contributed by atoms with Crippen molar-refractivity contribution in [3.63, 3.8) is 0 Å². The minimum Gasteiger partial charge on any atom is -0.488 e. The highest BCUT2D eigenvalue weighted by molar-refractivity contribution is 6.31. The minimum absolute atomic E-state index is 0.00247. The van der Waals surface area contributed by atoms with Gasteiger partial charge in [0.25, 0.3) is 5.91 Å². The van der Waals surface area contributed by atoms with Crippen LogP contribution in [0.1, 0.15) is 27.4 Å². The van der Waals surface area contributed by atoms with Crippen LogP contribution >= 0.6 is 11.6 Å². The van der Waals surface area contributed by atoms with E-state index in [-0.39, 0.29) is 22.9 Å². The van der Waals surface area contributed by atoms with E-state index >= 15 is 0 Å². The van der Waals surface area contributed by atoms with Crippen molar-refractivity contribution in [2.24, 2.45) is 0 Å². The number of nitrogens with one attached hydrogen (secondary N) is 1. The highest BCUT2D eigenvalue weighted by Crippen LogP contribution is 2.29. The Hall–Kier alpha value is -3.38. The van der Waals surface area contributed by atoms with Gasteiger partial charge < -0.3 is 14.6 Å². The quantitative estimate of drug-likeness (QED) is 0.422. The van der Waals surface area contributed by atoms with Crippen molar-refractivity contribution in [2.45, 2.75) is 20.5 Å². The molecule has 4 aromatic rings. The summed E-state index contributed by atoms with van der Waals surface area (Å²) in [6, 6.07) is 15.5. The monoisotopic (exact) mass is 424 g/mol. The largest absolute Gasteiger partial charge is 0.488 e. The van der Waals surface area contributed by atoms with Crippen LogP contribution < -0.4 is 10.1 Å². The molecule has 30 heavy (non-hydrogen) atoms. The molecule has 7 heteroatoms. The molecule has 0 radical (unpaired) electrons. The lowest BCUT2D eigenvalue weighted by Crippen LogP contribution is -2.15. The second-order valence-electron chi connectivity index (χ2n) is 6.84. The predicted molar refractivity (Wildman–Crippen MR) is 114 cm³/mol. The third-order valence-corrected chi connectivity index (χ3v) is 5.14. The van der Waals surface area contributed by atoms with Crippen LogP contribution in [0.15, 0.2) is 59.1 Å². The van der Waals surface area contributed by atoms with Gasteiger partial charge in [-0.2, -0.15) is 0 Å². The fourth-order valence-electron chi connectivity index (χ4n) is 3.16. The van der Waals surface area contributed by atoms with Crippen molar-refractivity contribution in [2.75, 3.05) is 5.32 Å². The second-order valence-corrected chi connectivity index (χ2v) is 7.25. The summed E-state index contributed by atoms with van der Waals surface area (Å²) in [5.74, 6) is -0.170. The minimum atomic E-state index is -0.688. The molecule has 1 amide bonds. The van der Waals surface area contributed by atoms with Crippen molar-refractivity contribution >= 4 is 34.0 Å². The molecular weight excluding hydrogens is 407 g/mol. The van der Waals surface area contributed by atoms with Gasteiger partial charge in [-0.25, -0.2) is 4.39 Å². The number of benzene rings is 3. The van der Waals surface area contributed by atoms with Gasteiger partial charge in [0.1, 0.15) is 18.1 Å². The van der Waals surface area contributed by atoms with Gasteiger partial charge >= 0.3 is 0 Å². The number of aromatic nitrogens is 1. The summed E-state index contributed by atoms with van der Waals surface area (Å²) < 4.78 is 25.4. The van der Waals surface area contributed by atoms with Gasteiger partial charge in [0, 0.05) is 0 Å².